The van der Waals surface area contributed by atoms with Gasteiger partial charge in [-0.2, -0.15) is 0 Å². The van der Waals surface area contributed by atoms with Gasteiger partial charge in [0.1, 0.15) is 34.0 Å². The zero-order chi connectivity index (χ0) is 17.7. The molecule has 0 aliphatic rings. The van der Waals surface area contributed by atoms with Crippen LogP contribution in [0.3, 0.4) is 0 Å². The molecule has 3 aromatic carbocycles. The number of aliphatic imine (C=N–C) groups is 1. The van der Waals surface area contributed by atoms with E-state index in [1.807, 2.05) is 73.7 Å². The van der Waals surface area contributed by atoms with Crippen molar-refractivity contribution in [2.24, 2.45) is 10.7 Å². The molecule has 0 radical (unpaired) electrons. The molecule has 2 N–H and O–H groups in total. The first-order valence-corrected chi connectivity index (χ1v) is 8.45. The highest BCUT2D eigenvalue weighted by Crippen LogP contribution is 2.35. The van der Waals surface area contributed by atoms with Gasteiger partial charge in [0.2, 0.25) is 0 Å². The molecule has 0 spiro atoms. The van der Waals surface area contributed by atoms with Crippen molar-refractivity contribution in [3.63, 3.8) is 0 Å². The van der Waals surface area contributed by atoms with Gasteiger partial charge in [0, 0.05) is 21.7 Å². The van der Waals surface area contributed by atoms with Crippen LogP contribution >= 0.6 is 0 Å². The maximum atomic E-state index is 6.43. The number of nitrogens with zero attached hydrogens (tertiary/aromatic N) is 1. The van der Waals surface area contributed by atoms with E-state index in [-0.39, 0.29) is 0 Å². The molecular weight excluding hydrogens is 324 g/mol. The van der Waals surface area contributed by atoms with Gasteiger partial charge in [-0.1, -0.05) is 42.5 Å². The van der Waals surface area contributed by atoms with E-state index in [1.165, 1.54) is 0 Å². The minimum Gasteiger partial charge on any atom is -0.459 e. The second-order valence-electron chi connectivity index (χ2n) is 6.28. The van der Waals surface area contributed by atoms with Gasteiger partial charge in [0.15, 0.2) is 0 Å². The van der Waals surface area contributed by atoms with Crippen LogP contribution in [0.2, 0.25) is 0 Å². The Bertz CT molecular complexity index is 1310. The molecule has 2 aromatic heterocycles. The molecule has 26 heavy (non-hydrogen) atoms. The summed E-state index contributed by atoms with van der Waals surface area (Å²) in [5.74, 6) is 1.19. The first-order valence-electron chi connectivity index (χ1n) is 8.45. The van der Waals surface area contributed by atoms with Crippen molar-refractivity contribution in [1.82, 2.24) is 0 Å². The molecule has 0 atom stereocenters. The minimum atomic E-state index is 0.441. The molecule has 0 unspecified atom stereocenters. The van der Waals surface area contributed by atoms with Crippen molar-refractivity contribution in [1.29, 1.82) is 0 Å². The molecule has 0 aliphatic heterocycles. The van der Waals surface area contributed by atoms with Gasteiger partial charge in [-0.15, -0.1) is 0 Å². The monoisotopic (exact) mass is 340 g/mol. The number of rotatable bonds is 2. The highest BCUT2D eigenvalue weighted by atomic mass is 16.3. The van der Waals surface area contributed by atoms with E-state index in [0.29, 0.717) is 5.84 Å². The summed E-state index contributed by atoms with van der Waals surface area (Å²) >= 11 is 0. The van der Waals surface area contributed by atoms with E-state index in [0.717, 1.165) is 49.9 Å². The minimum absolute atomic E-state index is 0.441. The summed E-state index contributed by atoms with van der Waals surface area (Å²) in [5.41, 5.74) is 10.5. The van der Waals surface area contributed by atoms with Crippen LogP contribution < -0.4 is 5.73 Å². The van der Waals surface area contributed by atoms with Crippen LogP contribution in [0.5, 0.6) is 0 Å². The van der Waals surface area contributed by atoms with E-state index in [9.17, 15) is 0 Å². The van der Waals surface area contributed by atoms with Crippen LogP contribution in [0.4, 0.5) is 5.69 Å². The summed E-state index contributed by atoms with van der Waals surface area (Å²) < 4.78 is 11.7. The largest absolute Gasteiger partial charge is 0.459 e. The van der Waals surface area contributed by atoms with E-state index in [4.69, 9.17) is 19.6 Å². The van der Waals surface area contributed by atoms with E-state index < -0.39 is 0 Å². The summed E-state index contributed by atoms with van der Waals surface area (Å²) in [5, 5.41) is 2.97. The lowest BCUT2D eigenvalue weighted by Crippen LogP contribution is -2.13. The Hall–Kier alpha value is -3.53. The molecule has 2 heterocycles. The molecule has 0 bridgehead atoms. The smallest absolute Gasteiger partial charge is 0.136 e. The van der Waals surface area contributed by atoms with Crippen molar-refractivity contribution in [3.8, 4) is 0 Å². The third-order valence-corrected chi connectivity index (χ3v) is 4.65. The first kappa shape index (κ1) is 14.8. The van der Waals surface area contributed by atoms with Crippen molar-refractivity contribution < 1.29 is 8.83 Å². The fraction of sp³-hybridized carbons (Fsp3) is 0.0455. The molecule has 4 nitrogen and oxygen atoms in total. The number of aryl methyl sites for hydroxylation is 1. The standard InChI is InChI=1S/C22H16N2O2/c1-13-21(15-8-3-5-11-18(15)25-13)24-22(23)16-9-6-12-19-20(16)14-7-2-4-10-17(14)26-19/h2-12H,1H3,(H2,23,24). The van der Waals surface area contributed by atoms with Gasteiger partial charge in [-0.05, 0) is 31.2 Å². The molecule has 126 valence electrons. The number of furan rings is 2. The van der Waals surface area contributed by atoms with Crippen molar-refractivity contribution >= 4 is 44.4 Å². The van der Waals surface area contributed by atoms with Gasteiger partial charge in [-0.3, -0.25) is 0 Å². The normalized spacial score (nSPS) is 12.4. The zero-order valence-corrected chi connectivity index (χ0v) is 14.2. The molecule has 0 aliphatic carbocycles. The number of fused-ring (bicyclic) bond motifs is 4. The predicted molar refractivity (Wildman–Crippen MR) is 105 cm³/mol. The molecular formula is C22H16N2O2. The summed E-state index contributed by atoms with van der Waals surface area (Å²) in [7, 11) is 0. The van der Waals surface area contributed by atoms with Crippen LogP contribution in [-0.4, -0.2) is 5.84 Å². The summed E-state index contributed by atoms with van der Waals surface area (Å²) in [4.78, 5) is 4.71. The average molecular weight is 340 g/mol. The summed E-state index contributed by atoms with van der Waals surface area (Å²) in [6.07, 6.45) is 0. The van der Waals surface area contributed by atoms with Crippen LogP contribution in [0.25, 0.3) is 32.9 Å². The fourth-order valence-electron chi connectivity index (χ4n) is 3.46. The van der Waals surface area contributed by atoms with Crippen molar-refractivity contribution in [3.05, 3.63) is 78.1 Å². The van der Waals surface area contributed by atoms with E-state index in [1.54, 1.807) is 0 Å². The molecule has 5 aromatic rings. The maximum Gasteiger partial charge on any atom is 0.136 e. The van der Waals surface area contributed by atoms with E-state index >= 15 is 0 Å². The Balaban J connectivity index is 1.77. The third-order valence-electron chi connectivity index (χ3n) is 4.65. The Morgan fingerprint density at radius 2 is 1.42 bits per heavy atom. The second kappa shape index (κ2) is 5.49. The summed E-state index contributed by atoms with van der Waals surface area (Å²) in [6.45, 7) is 1.90. The number of para-hydroxylation sites is 2. The Kier molecular flexibility index (Phi) is 3.12. The highest BCUT2D eigenvalue weighted by Gasteiger charge is 2.15. The maximum absolute atomic E-state index is 6.43. The topological polar surface area (TPSA) is 64.7 Å². The van der Waals surface area contributed by atoms with E-state index in [2.05, 4.69) is 0 Å². The lowest BCUT2D eigenvalue weighted by atomic mass is 10.1. The van der Waals surface area contributed by atoms with Gasteiger partial charge in [0.25, 0.3) is 0 Å². The van der Waals surface area contributed by atoms with Crippen LogP contribution in [0.1, 0.15) is 11.3 Å². The van der Waals surface area contributed by atoms with Gasteiger partial charge in [0.05, 0.1) is 0 Å². The highest BCUT2D eigenvalue weighted by molar-refractivity contribution is 6.18. The lowest BCUT2D eigenvalue weighted by Gasteiger charge is -2.03. The third kappa shape index (κ3) is 2.12. The van der Waals surface area contributed by atoms with Crippen molar-refractivity contribution in [2.45, 2.75) is 6.92 Å². The molecule has 0 amide bonds. The molecule has 5 rings (SSSR count). The van der Waals surface area contributed by atoms with Crippen LogP contribution in [0.15, 0.2) is 80.6 Å². The number of amidine groups is 1. The van der Waals surface area contributed by atoms with Gasteiger partial charge >= 0.3 is 0 Å². The quantitative estimate of drug-likeness (QED) is 0.332. The Morgan fingerprint density at radius 3 is 2.23 bits per heavy atom. The molecule has 0 saturated carbocycles. The second-order valence-corrected chi connectivity index (χ2v) is 6.28. The first-order chi connectivity index (χ1) is 12.7. The average Bonchev–Trinajstić information content (AvgIpc) is 3.19. The molecule has 4 heteroatoms. The number of hydrogen-bond donors (Lipinski definition) is 1. The Labute approximate surface area is 149 Å². The fourth-order valence-corrected chi connectivity index (χ4v) is 3.46. The van der Waals surface area contributed by atoms with Crippen LogP contribution in [-0.2, 0) is 0 Å². The number of hydrogen-bond acceptors (Lipinski definition) is 3. The SMILES string of the molecule is Cc1oc2ccccc2c1/N=C(\N)c1cccc2oc3ccccc3c12. The number of nitrogens with two attached hydrogens (primary N) is 1. The zero-order valence-electron chi connectivity index (χ0n) is 14.2. The van der Waals surface area contributed by atoms with Gasteiger partial charge < -0.3 is 14.6 Å². The number of benzene rings is 3. The van der Waals surface area contributed by atoms with Crippen molar-refractivity contribution in [2.75, 3.05) is 0 Å². The Morgan fingerprint density at radius 1 is 0.769 bits per heavy atom. The predicted octanol–water partition coefficient (Wildman–Crippen LogP) is 5.68. The summed E-state index contributed by atoms with van der Waals surface area (Å²) in [6, 6.07) is 21.6. The molecule has 0 saturated heterocycles. The van der Waals surface area contributed by atoms with Crippen LogP contribution in [0, 0.1) is 6.92 Å². The lowest BCUT2D eigenvalue weighted by molar-refractivity contribution is 0.579. The van der Waals surface area contributed by atoms with Gasteiger partial charge in [-0.25, -0.2) is 4.99 Å². The molecule has 0 fully saturated rings.